The summed E-state index contributed by atoms with van der Waals surface area (Å²) < 4.78 is 7.30. The summed E-state index contributed by atoms with van der Waals surface area (Å²) in [6.07, 6.45) is 12.2. The van der Waals surface area contributed by atoms with E-state index in [1.54, 1.807) is 0 Å². The summed E-state index contributed by atoms with van der Waals surface area (Å²) in [5.74, 6) is 0. The van der Waals surface area contributed by atoms with Gasteiger partial charge in [-0.1, -0.05) is 146 Å². The molecule has 0 fully saturated rings. The number of anilines is 3. The highest BCUT2D eigenvalue weighted by Gasteiger charge is 2.29. The Bertz CT molecular complexity index is 4630. The molecular weight excluding hydrogens is 923 g/mol. The number of para-hydroxylation sites is 6. The zero-order valence-corrected chi connectivity index (χ0v) is 42.5. The van der Waals surface area contributed by atoms with Crippen LogP contribution in [0.5, 0.6) is 0 Å². The van der Waals surface area contributed by atoms with E-state index in [-0.39, 0.29) is 5.41 Å². The molecule has 5 nitrogen and oxygen atoms in total. The normalized spacial score (nSPS) is 15.2. The number of benzene rings is 9. The van der Waals surface area contributed by atoms with E-state index in [0.717, 1.165) is 52.9 Å². The van der Waals surface area contributed by atoms with Crippen molar-refractivity contribution < 1.29 is 0 Å². The Morgan fingerprint density at radius 3 is 1.89 bits per heavy atom. The monoisotopic (exact) mass is 975 g/mol. The van der Waals surface area contributed by atoms with Crippen molar-refractivity contribution in [1.29, 1.82) is 0 Å². The van der Waals surface area contributed by atoms with Gasteiger partial charge in [0.25, 0.3) is 0 Å². The van der Waals surface area contributed by atoms with Gasteiger partial charge in [-0.3, -0.25) is 4.98 Å². The predicted molar refractivity (Wildman–Crippen MR) is 318 cm³/mol. The molecule has 13 aromatic rings. The van der Waals surface area contributed by atoms with Crippen molar-refractivity contribution in [3.05, 3.63) is 269 Å². The van der Waals surface area contributed by atoms with Gasteiger partial charge in [0.05, 0.1) is 33.3 Å². The third-order valence-corrected chi connectivity index (χ3v) is 16.5. The van der Waals surface area contributed by atoms with Gasteiger partial charge in [0.15, 0.2) is 0 Å². The molecule has 0 saturated heterocycles. The van der Waals surface area contributed by atoms with Crippen LogP contribution in [0.1, 0.15) is 47.7 Å². The van der Waals surface area contributed by atoms with Crippen LogP contribution in [0.15, 0.2) is 231 Å². The van der Waals surface area contributed by atoms with Gasteiger partial charge < -0.3 is 18.6 Å². The predicted octanol–water partition coefficient (Wildman–Crippen LogP) is 16.4. The molecular formula is C71H53N5. The lowest BCUT2D eigenvalue weighted by molar-refractivity contribution is 0.652. The molecule has 0 radical (unpaired) electrons. The van der Waals surface area contributed by atoms with Crippen molar-refractivity contribution in [1.82, 2.24) is 18.7 Å². The largest absolute Gasteiger partial charge is 0.313 e. The number of hydrogen-bond acceptors (Lipinski definition) is 2. The van der Waals surface area contributed by atoms with Crippen molar-refractivity contribution in [2.75, 3.05) is 4.90 Å². The molecule has 0 aliphatic heterocycles. The van der Waals surface area contributed by atoms with Gasteiger partial charge >= 0.3 is 0 Å². The van der Waals surface area contributed by atoms with E-state index in [4.69, 9.17) is 4.98 Å². The Morgan fingerprint density at radius 2 is 1.13 bits per heavy atom. The summed E-state index contributed by atoms with van der Waals surface area (Å²) in [7, 11) is 0. The van der Waals surface area contributed by atoms with Crippen LogP contribution in [0.3, 0.4) is 0 Å². The lowest BCUT2D eigenvalue weighted by Gasteiger charge is -2.30. The van der Waals surface area contributed by atoms with Gasteiger partial charge in [0, 0.05) is 88.8 Å². The molecule has 1 unspecified atom stereocenters. The molecule has 362 valence electrons. The van der Waals surface area contributed by atoms with Crippen LogP contribution >= 0.6 is 0 Å². The minimum Gasteiger partial charge on any atom is -0.313 e. The van der Waals surface area contributed by atoms with E-state index in [0.29, 0.717) is 0 Å². The first-order chi connectivity index (χ1) is 37.5. The quantitative estimate of drug-likeness (QED) is 0.152. The molecule has 76 heavy (non-hydrogen) atoms. The number of rotatable bonds is 8. The summed E-state index contributed by atoms with van der Waals surface area (Å²) in [6, 6.07) is 82.1. The first-order valence-electron chi connectivity index (χ1n) is 26.6. The maximum absolute atomic E-state index is 5.09. The van der Waals surface area contributed by atoms with Crippen LogP contribution in [-0.4, -0.2) is 18.7 Å². The standard InChI is InChI=1S/C71H53N5/c1-47-17-9-13-25-63(47)73(53-33-31-50(32-34-53)71(2)41-39-69-61(46-71)57-24-12-16-28-66(57)75(69)52-20-7-4-8-21-52)70-40-42-72-62-45-54(35-36-58(62)70)76-65-27-15-11-23-56(65)60-44-49(30-38-68(60)76)48-29-37-67-59(43-48)55-22-10-14-26-64(55)74(67)51-18-5-3-6-19-51/h3-28,30-36,38-40,42-46H,29,37,41H2,1-2H3. The minimum absolute atomic E-state index is 0.193. The lowest BCUT2D eigenvalue weighted by Crippen LogP contribution is -2.36. The van der Waals surface area contributed by atoms with Gasteiger partial charge in [0.2, 0.25) is 0 Å². The summed E-state index contributed by atoms with van der Waals surface area (Å²) in [6.45, 7) is 4.59. The van der Waals surface area contributed by atoms with Gasteiger partial charge in [0.1, 0.15) is 0 Å². The van der Waals surface area contributed by atoms with E-state index < -0.39 is 0 Å². The highest BCUT2D eigenvalue weighted by atomic mass is 15.1. The molecule has 15 rings (SSSR count). The number of aryl methyl sites for hydroxylation is 1. The second kappa shape index (κ2) is 17.3. The summed E-state index contributed by atoms with van der Waals surface area (Å²) in [4.78, 5) is 7.50. The van der Waals surface area contributed by atoms with Gasteiger partial charge in [-0.2, -0.15) is 0 Å². The van der Waals surface area contributed by atoms with Gasteiger partial charge in [-0.05, 0) is 152 Å². The molecule has 9 aromatic carbocycles. The third kappa shape index (κ3) is 6.89. The lowest BCUT2D eigenvalue weighted by atomic mass is 9.77. The second-order valence-electron chi connectivity index (χ2n) is 21.0. The Kier molecular flexibility index (Phi) is 10.0. The third-order valence-electron chi connectivity index (χ3n) is 16.5. The molecule has 2 aliphatic carbocycles. The van der Waals surface area contributed by atoms with Crippen molar-refractivity contribution >= 4 is 95.4 Å². The van der Waals surface area contributed by atoms with Crippen LogP contribution in [0, 0.1) is 6.92 Å². The van der Waals surface area contributed by atoms with Crippen molar-refractivity contribution in [3.63, 3.8) is 0 Å². The van der Waals surface area contributed by atoms with Crippen LogP contribution in [0.4, 0.5) is 17.1 Å². The van der Waals surface area contributed by atoms with Crippen LogP contribution in [0.2, 0.25) is 0 Å². The van der Waals surface area contributed by atoms with E-state index >= 15 is 0 Å². The number of hydrogen-bond donors (Lipinski definition) is 0. The van der Waals surface area contributed by atoms with E-state index in [1.165, 1.54) is 99.1 Å². The van der Waals surface area contributed by atoms with Crippen molar-refractivity contribution in [3.8, 4) is 17.1 Å². The van der Waals surface area contributed by atoms with E-state index in [2.05, 4.69) is 275 Å². The van der Waals surface area contributed by atoms with Crippen LogP contribution in [0.25, 0.3) is 95.4 Å². The summed E-state index contributed by atoms with van der Waals surface area (Å²) in [5, 5.41) is 8.72. The number of nitrogens with zero attached hydrogens (tertiary/aromatic N) is 5. The van der Waals surface area contributed by atoms with E-state index in [9.17, 15) is 0 Å². The molecule has 0 bridgehead atoms. The fourth-order valence-corrected chi connectivity index (χ4v) is 12.8. The fourth-order valence-electron chi connectivity index (χ4n) is 12.8. The first-order valence-corrected chi connectivity index (χ1v) is 26.6. The molecule has 0 N–H and O–H groups in total. The highest BCUT2D eigenvalue weighted by molar-refractivity contribution is 6.11. The zero-order valence-electron chi connectivity index (χ0n) is 42.5. The topological polar surface area (TPSA) is 30.9 Å². The van der Waals surface area contributed by atoms with Crippen LogP contribution < -0.4 is 15.5 Å². The molecule has 5 heteroatoms. The maximum Gasteiger partial charge on any atom is 0.0743 e. The molecule has 0 spiro atoms. The molecule has 2 aliphatic rings. The summed E-state index contributed by atoms with van der Waals surface area (Å²) >= 11 is 0. The minimum atomic E-state index is -0.193. The second-order valence-corrected chi connectivity index (χ2v) is 21.0. The summed E-state index contributed by atoms with van der Waals surface area (Å²) in [5.41, 5.74) is 20.3. The molecule has 4 heterocycles. The van der Waals surface area contributed by atoms with Crippen LogP contribution in [-0.2, 0) is 11.8 Å². The molecule has 1 atom stereocenters. The number of pyridine rings is 1. The Hall–Kier alpha value is -9.45. The Morgan fingerprint density at radius 1 is 0.487 bits per heavy atom. The average molecular weight is 976 g/mol. The Balaban J connectivity index is 0.804. The molecule has 0 saturated carbocycles. The Labute approximate surface area is 441 Å². The average Bonchev–Trinajstić information content (AvgIpc) is 4.14. The van der Waals surface area contributed by atoms with Gasteiger partial charge in [-0.15, -0.1) is 0 Å². The first kappa shape index (κ1) is 44.1. The fraction of sp³-hybridized carbons (Fsp3) is 0.0845. The molecule has 4 aromatic heterocycles. The smallest absolute Gasteiger partial charge is 0.0743 e. The van der Waals surface area contributed by atoms with Gasteiger partial charge in [-0.25, -0.2) is 0 Å². The highest BCUT2D eigenvalue weighted by Crippen LogP contribution is 2.44. The number of fused-ring (bicyclic) bond motifs is 10. The number of aromatic nitrogens is 4. The van der Waals surface area contributed by atoms with E-state index in [1.807, 2.05) is 6.20 Å². The SMILES string of the molecule is Cc1ccccc1N(c1ccc(C2(C)C=c3c(n(-c4ccccc4)c4ccccc34)=CC2)cc1)c1ccnc2cc(-n3c4ccccc4c4cc(C5=Cc6c(n(-c7ccccc7)c7ccccc67)CC5)ccc43)ccc12. The maximum atomic E-state index is 5.09. The zero-order chi connectivity index (χ0) is 50.5. The number of allylic oxidation sites excluding steroid dienone is 1. The molecule has 0 amide bonds. The van der Waals surface area contributed by atoms with Crippen molar-refractivity contribution in [2.24, 2.45) is 0 Å². The van der Waals surface area contributed by atoms with Crippen molar-refractivity contribution in [2.45, 2.75) is 38.5 Å².